The predicted molar refractivity (Wildman–Crippen MR) is 127 cm³/mol. The quantitative estimate of drug-likeness (QED) is 0.398. The van der Waals surface area contributed by atoms with Crippen LogP contribution in [0.2, 0.25) is 0 Å². The van der Waals surface area contributed by atoms with Crippen molar-refractivity contribution < 1.29 is 9.47 Å². The molecule has 31 heavy (non-hydrogen) atoms. The van der Waals surface area contributed by atoms with Gasteiger partial charge in [-0.1, -0.05) is 48.0 Å². The predicted octanol–water partition coefficient (Wildman–Crippen LogP) is 6.40. The maximum atomic E-state index is 5.74. The maximum Gasteiger partial charge on any atom is 0.227 e. The van der Waals surface area contributed by atoms with E-state index in [0.717, 1.165) is 44.8 Å². The second-order valence-electron chi connectivity index (χ2n) is 7.23. The Morgan fingerprint density at radius 2 is 1.65 bits per heavy atom. The van der Waals surface area contributed by atoms with Gasteiger partial charge in [0.15, 0.2) is 0 Å². The van der Waals surface area contributed by atoms with Gasteiger partial charge in [-0.3, -0.25) is 0 Å². The Hall–Kier alpha value is -3.86. The Balaban J connectivity index is 1.87. The van der Waals surface area contributed by atoms with Crippen molar-refractivity contribution in [2.75, 3.05) is 19.5 Å². The number of nitrogens with zero attached hydrogens (tertiary/aromatic N) is 2. The highest BCUT2D eigenvalue weighted by Crippen LogP contribution is 2.42. The third-order valence-corrected chi connectivity index (χ3v) is 5.08. The van der Waals surface area contributed by atoms with Gasteiger partial charge in [0.2, 0.25) is 5.95 Å². The molecular formula is C26H25N3O2. The number of fused-ring (bicyclic) bond motifs is 1. The largest absolute Gasteiger partial charge is 0.496 e. The van der Waals surface area contributed by atoms with Gasteiger partial charge in [-0.15, -0.1) is 0 Å². The van der Waals surface area contributed by atoms with Gasteiger partial charge in [-0.2, -0.15) is 0 Å². The van der Waals surface area contributed by atoms with Gasteiger partial charge in [-0.25, -0.2) is 9.97 Å². The molecule has 1 heterocycles. The first-order valence-electron chi connectivity index (χ1n) is 10.1. The highest BCUT2D eigenvalue weighted by Gasteiger charge is 2.18. The number of hydrogen-bond donors (Lipinski definition) is 1. The van der Waals surface area contributed by atoms with E-state index < -0.39 is 0 Å². The van der Waals surface area contributed by atoms with Gasteiger partial charge in [0.05, 0.1) is 25.3 Å². The highest BCUT2D eigenvalue weighted by atomic mass is 16.5. The van der Waals surface area contributed by atoms with Crippen molar-refractivity contribution in [2.24, 2.45) is 0 Å². The van der Waals surface area contributed by atoms with Crippen LogP contribution in [0.15, 0.2) is 66.9 Å². The molecule has 4 rings (SSSR count). The Morgan fingerprint density at radius 1 is 0.935 bits per heavy atom. The minimum Gasteiger partial charge on any atom is -0.496 e. The number of nitrogens with one attached hydrogen (secondary N) is 1. The van der Waals surface area contributed by atoms with Crippen LogP contribution in [-0.2, 0) is 0 Å². The average Bonchev–Trinajstić information content (AvgIpc) is 2.80. The summed E-state index contributed by atoms with van der Waals surface area (Å²) in [5.41, 5.74) is 5.76. The van der Waals surface area contributed by atoms with Crippen LogP contribution in [0.25, 0.3) is 28.1 Å². The molecule has 5 heteroatoms. The molecule has 156 valence electrons. The second kappa shape index (κ2) is 8.88. The van der Waals surface area contributed by atoms with Crippen LogP contribution >= 0.6 is 0 Å². The van der Waals surface area contributed by atoms with Crippen molar-refractivity contribution in [3.8, 4) is 22.6 Å². The minimum absolute atomic E-state index is 0.535. The fourth-order valence-corrected chi connectivity index (χ4v) is 3.57. The fourth-order valence-electron chi connectivity index (χ4n) is 3.57. The average molecular weight is 412 g/mol. The zero-order chi connectivity index (χ0) is 21.8. The van der Waals surface area contributed by atoms with Gasteiger partial charge < -0.3 is 14.8 Å². The lowest BCUT2D eigenvalue weighted by Gasteiger charge is -2.16. The van der Waals surface area contributed by atoms with E-state index in [4.69, 9.17) is 14.5 Å². The molecule has 0 bridgehead atoms. The first kappa shape index (κ1) is 20.4. The topological polar surface area (TPSA) is 56.3 Å². The molecule has 3 aromatic carbocycles. The number of benzene rings is 3. The lowest BCUT2D eigenvalue weighted by molar-refractivity contribution is 0.397. The summed E-state index contributed by atoms with van der Waals surface area (Å²) < 4.78 is 11.5. The van der Waals surface area contributed by atoms with Crippen molar-refractivity contribution in [1.82, 2.24) is 9.97 Å². The van der Waals surface area contributed by atoms with Crippen LogP contribution in [0, 0.1) is 6.92 Å². The Labute approximate surface area is 182 Å². The van der Waals surface area contributed by atoms with Gasteiger partial charge in [0.25, 0.3) is 0 Å². The molecule has 5 nitrogen and oxygen atoms in total. The Morgan fingerprint density at radius 3 is 2.29 bits per heavy atom. The molecule has 0 aliphatic carbocycles. The lowest BCUT2D eigenvalue weighted by Crippen LogP contribution is -1.99. The zero-order valence-electron chi connectivity index (χ0n) is 18.1. The standard InChI is InChI=1S/C26H25N3O2/c1-5-7-18-14-22(30-3)24(23(15-18)31-4)21-9-6-8-19-16-27-26(29-25(19)21)28-20-12-10-17(2)11-13-20/h5-16H,1-4H3,(H,27,28,29)/b7-5+. The zero-order valence-corrected chi connectivity index (χ0v) is 18.1. The van der Waals surface area contributed by atoms with E-state index in [1.54, 1.807) is 14.2 Å². The SMILES string of the molecule is C/C=C/c1cc(OC)c(-c2cccc3cnc(Nc4ccc(C)cc4)nc23)c(OC)c1. The van der Waals surface area contributed by atoms with Gasteiger partial charge in [0.1, 0.15) is 11.5 Å². The van der Waals surface area contributed by atoms with Crippen LogP contribution in [-0.4, -0.2) is 24.2 Å². The van der Waals surface area contributed by atoms with E-state index >= 15 is 0 Å². The number of allylic oxidation sites excluding steroid dienone is 1. The highest BCUT2D eigenvalue weighted by molar-refractivity contribution is 5.97. The van der Waals surface area contributed by atoms with Crippen molar-refractivity contribution >= 4 is 28.6 Å². The van der Waals surface area contributed by atoms with E-state index in [2.05, 4.69) is 29.4 Å². The molecule has 0 aliphatic heterocycles. The third-order valence-electron chi connectivity index (χ3n) is 5.08. The summed E-state index contributed by atoms with van der Waals surface area (Å²) in [6, 6.07) is 18.2. The Kier molecular flexibility index (Phi) is 5.85. The fraction of sp³-hybridized carbons (Fsp3) is 0.154. The third kappa shape index (κ3) is 4.21. The van der Waals surface area contributed by atoms with Crippen LogP contribution in [0.4, 0.5) is 11.6 Å². The molecule has 0 fully saturated rings. The number of para-hydroxylation sites is 1. The van der Waals surface area contributed by atoms with Crippen molar-refractivity contribution in [2.45, 2.75) is 13.8 Å². The summed E-state index contributed by atoms with van der Waals surface area (Å²) >= 11 is 0. The van der Waals surface area contributed by atoms with Gasteiger partial charge in [-0.05, 0) is 43.7 Å². The lowest BCUT2D eigenvalue weighted by atomic mass is 9.98. The van der Waals surface area contributed by atoms with Crippen LogP contribution in [0.5, 0.6) is 11.5 Å². The number of ether oxygens (including phenoxy) is 2. The molecule has 0 atom stereocenters. The summed E-state index contributed by atoms with van der Waals surface area (Å²) in [5, 5.41) is 4.23. The van der Waals surface area contributed by atoms with E-state index in [1.165, 1.54) is 5.56 Å². The molecule has 0 spiro atoms. The van der Waals surface area contributed by atoms with Gasteiger partial charge in [0, 0.05) is 22.8 Å². The van der Waals surface area contributed by atoms with Crippen molar-refractivity contribution in [3.63, 3.8) is 0 Å². The van der Waals surface area contributed by atoms with E-state index in [-0.39, 0.29) is 0 Å². The Bertz CT molecular complexity index is 1220. The number of aromatic nitrogens is 2. The summed E-state index contributed by atoms with van der Waals surface area (Å²) in [6.45, 7) is 4.04. The number of anilines is 2. The van der Waals surface area contributed by atoms with Crippen LogP contribution < -0.4 is 14.8 Å². The smallest absolute Gasteiger partial charge is 0.227 e. The van der Waals surface area contributed by atoms with E-state index in [1.807, 2.05) is 67.7 Å². The van der Waals surface area contributed by atoms with Crippen LogP contribution in [0.1, 0.15) is 18.1 Å². The molecule has 0 saturated carbocycles. The number of rotatable bonds is 6. The first-order valence-corrected chi connectivity index (χ1v) is 10.1. The summed E-state index contributed by atoms with van der Waals surface area (Å²) in [7, 11) is 3.34. The van der Waals surface area contributed by atoms with Crippen molar-refractivity contribution in [3.05, 3.63) is 78.0 Å². The van der Waals surface area contributed by atoms with E-state index in [9.17, 15) is 0 Å². The van der Waals surface area contributed by atoms with Gasteiger partial charge >= 0.3 is 0 Å². The molecule has 1 aromatic heterocycles. The van der Waals surface area contributed by atoms with Crippen molar-refractivity contribution in [1.29, 1.82) is 0 Å². The maximum absolute atomic E-state index is 5.74. The molecule has 0 saturated heterocycles. The number of methoxy groups -OCH3 is 2. The first-order chi connectivity index (χ1) is 15.1. The molecular weight excluding hydrogens is 386 g/mol. The monoisotopic (exact) mass is 411 g/mol. The molecule has 4 aromatic rings. The molecule has 0 unspecified atom stereocenters. The molecule has 0 amide bonds. The summed E-state index contributed by atoms with van der Waals surface area (Å²) in [5.74, 6) is 1.99. The molecule has 1 N–H and O–H groups in total. The normalized spacial score (nSPS) is 11.1. The van der Waals surface area contributed by atoms with Crippen LogP contribution in [0.3, 0.4) is 0 Å². The molecule has 0 radical (unpaired) electrons. The minimum atomic E-state index is 0.535. The number of hydrogen-bond acceptors (Lipinski definition) is 5. The summed E-state index contributed by atoms with van der Waals surface area (Å²) in [4.78, 5) is 9.32. The summed E-state index contributed by atoms with van der Waals surface area (Å²) in [6.07, 6.45) is 5.83. The second-order valence-corrected chi connectivity index (χ2v) is 7.23. The molecule has 0 aliphatic rings. The number of aryl methyl sites for hydroxylation is 1. The van der Waals surface area contributed by atoms with E-state index in [0.29, 0.717) is 5.95 Å².